The van der Waals surface area contributed by atoms with Crippen LogP contribution in [0.1, 0.15) is 39.5 Å². The van der Waals surface area contributed by atoms with Crippen molar-refractivity contribution in [3.63, 3.8) is 0 Å². The fraction of sp³-hybridized carbons (Fsp3) is 0.769. The Balaban J connectivity index is 1.71. The van der Waals surface area contributed by atoms with Gasteiger partial charge in [-0.2, -0.15) is 15.0 Å². The van der Waals surface area contributed by atoms with E-state index in [0.29, 0.717) is 18.0 Å². The molecule has 0 aliphatic heterocycles. The van der Waals surface area contributed by atoms with Crippen molar-refractivity contribution in [1.82, 2.24) is 15.0 Å². The molecule has 2 bridgehead atoms. The molecular weight excluding hydrogens is 242 g/mol. The molecule has 3 atom stereocenters. The first kappa shape index (κ1) is 12.4. The monoisotopic (exact) mass is 263 g/mol. The molecule has 2 aliphatic carbocycles. The molecule has 1 heterocycles. The summed E-state index contributed by atoms with van der Waals surface area (Å²) in [5, 5.41) is 3.40. The van der Waals surface area contributed by atoms with Crippen molar-refractivity contribution in [3.05, 3.63) is 0 Å². The highest BCUT2D eigenvalue weighted by Gasteiger charge is 2.39. The lowest BCUT2D eigenvalue weighted by Crippen LogP contribution is -2.27. The normalized spacial score (nSPS) is 28.9. The minimum atomic E-state index is 0.0251. The standard InChI is InChI=1S/C13H21N5O/c1-7(2)19-13-17-11(14)16-12(18-13)15-10-6-8-3-4-9(10)5-8/h7-10H,3-6H2,1-2H3,(H3,14,15,16,17,18). The fourth-order valence-corrected chi connectivity index (χ4v) is 3.29. The van der Waals surface area contributed by atoms with E-state index in [1.54, 1.807) is 0 Å². The summed E-state index contributed by atoms with van der Waals surface area (Å²) >= 11 is 0. The van der Waals surface area contributed by atoms with Gasteiger partial charge in [-0.05, 0) is 44.9 Å². The lowest BCUT2D eigenvalue weighted by molar-refractivity contribution is 0.222. The topological polar surface area (TPSA) is 86.0 Å². The van der Waals surface area contributed by atoms with E-state index in [1.165, 1.54) is 25.7 Å². The molecule has 104 valence electrons. The second-order valence-corrected chi connectivity index (χ2v) is 5.89. The largest absolute Gasteiger partial charge is 0.461 e. The van der Waals surface area contributed by atoms with Crippen molar-refractivity contribution in [2.75, 3.05) is 11.1 Å². The zero-order valence-corrected chi connectivity index (χ0v) is 11.5. The highest BCUT2D eigenvalue weighted by atomic mass is 16.5. The Labute approximate surface area is 113 Å². The Bertz CT molecular complexity index is 464. The quantitative estimate of drug-likeness (QED) is 0.862. The Kier molecular flexibility index (Phi) is 3.16. The Morgan fingerprint density at radius 3 is 2.68 bits per heavy atom. The summed E-state index contributed by atoms with van der Waals surface area (Å²) in [4.78, 5) is 12.4. The van der Waals surface area contributed by atoms with Gasteiger partial charge < -0.3 is 15.8 Å². The van der Waals surface area contributed by atoms with Crippen LogP contribution in [0.5, 0.6) is 6.01 Å². The number of ether oxygens (including phenoxy) is 1. The van der Waals surface area contributed by atoms with Crippen LogP contribution >= 0.6 is 0 Å². The predicted octanol–water partition coefficient (Wildman–Crippen LogP) is 1.84. The average Bonchev–Trinajstić information content (AvgIpc) is 2.88. The van der Waals surface area contributed by atoms with Crippen molar-refractivity contribution >= 4 is 11.9 Å². The van der Waals surface area contributed by atoms with Gasteiger partial charge in [-0.3, -0.25) is 0 Å². The SMILES string of the molecule is CC(C)Oc1nc(N)nc(NC2CC3CCC2C3)n1. The van der Waals surface area contributed by atoms with Crippen LogP contribution in [-0.2, 0) is 0 Å². The highest BCUT2D eigenvalue weighted by Crippen LogP contribution is 2.45. The van der Waals surface area contributed by atoms with Gasteiger partial charge in [0.2, 0.25) is 11.9 Å². The molecule has 0 aromatic carbocycles. The zero-order valence-electron chi connectivity index (χ0n) is 11.5. The Morgan fingerprint density at radius 2 is 2.05 bits per heavy atom. The number of hydrogen-bond donors (Lipinski definition) is 2. The van der Waals surface area contributed by atoms with E-state index in [1.807, 2.05) is 13.8 Å². The maximum Gasteiger partial charge on any atom is 0.323 e. The van der Waals surface area contributed by atoms with Crippen molar-refractivity contribution in [1.29, 1.82) is 0 Å². The smallest absolute Gasteiger partial charge is 0.323 e. The van der Waals surface area contributed by atoms with E-state index in [4.69, 9.17) is 10.5 Å². The summed E-state index contributed by atoms with van der Waals surface area (Å²) in [7, 11) is 0. The van der Waals surface area contributed by atoms with Gasteiger partial charge in [0.1, 0.15) is 0 Å². The Morgan fingerprint density at radius 1 is 1.21 bits per heavy atom. The first-order valence-electron chi connectivity index (χ1n) is 7.05. The van der Waals surface area contributed by atoms with Gasteiger partial charge in [-0.1, -0.05) is 6.42 Å². The van der Waals surface area contributed by atoms with Crippen LogP contribution in [0.2, 0.25) is 0 Å². The second-order valence-electron chi connectivity index (χ2n) is 5.89. The second kappa shape index (κ2) is 4.83. The molecule has 2 saturated carbocycles. The number of nitrogens with zero attached hydrogens (tertiary/aromatic N) is 3. The summed E-state index contributed by atoms with van der Waals surface area (Å²) in [6.07, 6.45) is 5.28. The maximum absolute atomic E-state index is 5.70. The maximum atomic E-state index is 5.70. The van der Waals surface area contributed by atoms with Crippen LogP contribution in [0, 0.1) is 11.8 Å². The molecule has 2 aliphatic rings. The number of nitrogens with two attached hydrogens (primary N) is 1. The average molecular weight is 263 g/mol. The molecule has 0 spiro atoms. The summed E-state index contributed by atoms with van der Waals surface area (Å²) in [6, 6.07) is 0.778. The lowest BCUT2D eigenvalue weighted by atomic mass is 9.95. The molecule has 6 heteroatoms. The third kappa shape index (κ3) is 2.72. The van der Waals surface area contributed by atoms with E-state index in [0.717, 1.165) is 11.8 Å². The third-order valence-electron chi connectivity index (χ3n) is 4.03. The van der Waals surface area contributed by atoms with E-state index < -0.39 is 0 Å². The first-order chi connectivity index (χ1) is 9.10. The number of fused-ring (bicyclic) bond motifs is 2. The van der Waals surface area contributed by atoms with Crippen LogP contribution in [0.3, 0.4) is 0 Å². The van der Waals surface area contributed by atoms with Gasteiger partial charge in [0, 0.05) is 6.04 Å². The van der Waals surface area contributed by atoms with E-state index in [2.05, 4.69) is 20.3 Å². The summed E-state index contributed by atoms with van der Waals surface area (Å²) in [6.45, 7) is 3.87. The van der Waals surface area contributed by atoms with Gasteiger partial charge in [0.25, 0.3) is 0 Å². The number of nitrogen functional groups attached to an aromatic ring is 1. The van der Waals surface area contributed by atoms with Crippen molar-refractivity contribution < 1.29 is 4.74 Å². The highest BCUT2D eigenvalue weighted by molar-refractivity contribution is 5.34. The van der Waals surface area contributed by atoms with E-state index >= 15 is 0 Å². The van der Waals surface area contributed by atoms with Crippen LogP contribution in [0.15, 0.2) is 0 Å². The molecule has 0 saturated heterocycles. The molecule has 0 radical (unpaired) electrons. The summed E-state index contributed by atoms with van der Waals surface area (Å²) in [5.74, 6) is 2.39. The molecule has 3 N–H and O–H groups in total. The summed E-state index contributed by atoms with van der Waals surface area (Å²) in [5.41, 5.74) is 5.70. The number of rotatable bonds is 4. The third-order valence-corrected chi connectivity index (χ3v) is 4.03. The lowest BCUT2D eigenvalue weighted by Gasteiger charge is -2.22. The molecule has 3 rings (SSSR count). The van der Waals surface area contributed by atoms with E-state index in [9.17, 15) is 0 Å². The first-order valence-corrected chi connectivity index (χ1v) is 7.05. The van der Waals surface area contributed by atoms with E-state index in [-0.39, 0.29) is 12.1 Å². The van der Waals surface area contributed by atoms with Crippen LogP contribution in [-0.4, -0.2) is 27.1 Å². The predicted molar refractivity (Wildman–Crippen MR) is 72.9 cm³/mol. The molecule has 3 unspecified atom stereocenters. The van der Waals surface area contributed by atoms with Gasteiger partial charge in [0.15, 0.2) is 0 Å². The number of nitrogens with one attached hydrogen (secondary N) is 1. The van der Waals surface area contributed by atoms with Crippen LogP contribution in [0.25, 0.3) is 0 Å². The van der Waals surface area contributed by atoms with Crippen molar-refractivity contribution in [2.45, 2.75) is 51.7 Å². The molecule has 1 aromatic heterocycles. The fourth-order valence-electron chi connectivity index (χ4n) is 3.29. The number of aromatic nitrogens is 3. The van der Waals surface area contributed by atoms with Crippen LogP contribution in [0.4, 0.5) is 11.9 Å². The van der Waals surface area contributed by atoms with Crippen LogP contribution < -0.4 is 15.8 Å². The molecule has 1 aromatic rings. The van der Waals surface area contributed by atoms with Gasteiger partial charge >= 0.3 is 6.01 Å². The Hall–Kier alpha value is -1.59. The van der Waals surface area contributed by atoms with Gasteiger partial charge in [0.05, 0.1) is 6.10 Å². The van der Waals surface area contributed by atoms with Gasteiger partial charge in [-0.25, -0.2) is 0 Å². The minimum Gasteiger partial charge on any atom is -0.461 e. The van der Waals surface area contributed by atoms with Crippen molar-refractivity contribution in [2.24, 2.45) is 11.8 Å². The van der Waals surface area contributed by atoms with Crippen molar-refractivity contribution in [3.8, 4) is 6.01 Å². The minimum absolute atomic E-state index is 0.0251. The molecule has 0 amide bonds. The molecule has 19 heavy (non-hydrogen) atoms. The zero-order chi connectivity index (χ0) is 13.4. The number of anilines is 2. The molecule has 6 nitrogen and oxygen atoms in total. The summed E-state index contributed by atoms with van der Waals surface area (Å²) < 4.78 is 5.48. The van der Waals surface area contributed by atoms with Gasteiger partial charge in [-0.15, -0.1) is 0 Å². The number of hydrogen-bond acceptors (Lipinski definition) is 6. The molecule has 2 fully saturated rings. The molecular formula is C13H21N5O.